The summed E-state index contributed by atoms with van der Waals surface area (Å²) < 4.78 is 5.47. The molecule has 1 aromatic carbocycles. The molecule has 1 atom stereocenters. The van der Waals surface area contributed by atoms with E-state index in [1.54, 1.807) is 4.90 Å². The number of piperidine rings is 1. The maximum absolute atomic E-state index is 12.6. The Morgan fingerprint density at radius 1 is 1.33 bits per heavy atom. The lowest BCUT2D eigenvalue weighted by molar-refractivity contribution is -0.138. The Bertz CT molecular complexity index is 547. The van der Waals surface area contributed by atoms with Gasteiger partial charge in [0, 0.05) is 18.6 Å². The van der Waals surface area contributed by atoms with Gasteiger partial charge in [-0.2, -0.15) is 0 Å². The van der Waals surface area contributed by atoms with E-state index in [2.05, 4.69) is 0 Å². The van der Waals surface area contributed by atoms with Gasteiger partial charge in [0.25, 0.3) is 0 Å². The second-order valence-electron chi connectivity index (χ2n) is 6.47. The number of carboxylic acids is 1. The Labute approximate surface area is 143 Å². The molecule has 132 valence electrons. The summed E-state index contributed by atoms with van der Waals surface area (Å²) in [7, 11) is 0. The van der Waals surface area contributed by atoms with Gasteiger partial charge < -0.3 is 14.7 Å². The molecule has 1 aliphatic heterocycles. The smallest absolute Gasteiger partial charge is 0.410 e. The number of carbonyl (C=O) groups is 2. The molecule has 1 N–H and O–H groups in total. The minimum atomic E-state index is -0.835. The van der Waals surface area contributed by atoms with E-state index in [1.807, 2.05) is 49.1 Å². The van der Waals surface area contributed by atoms with Crippen LogP contribution in [0.5, 0.6) is 0 Å². The summed E-state index contributed by atoms with van der Waals surface area (Å²) in [5, 5.41) is 8.97. The number of benzene rings is 1. The average molecular weight is 334 g/mol. The van der Waals surface area contributed by atoms with Gasteiger partial charge in [-0.3, -0.25) is 9.69 Å². The summed E-state index contributed by atoms with van der Waals surface area (Å²) in [6.45, 7) is 5.51. The van der Waals surface area contributed by atoms with Crippen LogP contribution in [-0.2, 0) is 16.1 Å². The van der Waals surface area contributed by atoms with E-state index in [9.17, 15) is 9.59 Å². The number of ether oxygens (including phenoxy) is 1. The third-order valence-corrected chi connectivity index (χ3v) is 4.21. The van der Waals surface area contributed by atoms with Crippen molar-refractivity contribution in [2.45, 2.75) is 45.4 Å². The van der Waals surface area contributed by atoms with Gasteiger partial charge in [-0.25, -0.2) is 4.79 Å². The average Bonchev–Trinajstić information content (AvgIpc) is 2.53. The standard InChI is InChI=1S/C18H26N2O4/c1-14(2)20(16-9-6-10-19(11-16)12-17(21)22)18(23)24-13-15-7-4-3-5-8-15/h3-5,7-8,14,16H,6,9-13H2,1-2H3,(H,21,22)/t16-/m1/s1. The molecule has 0 radical (unpaired) electrons. The molecular formula is C18H26N2O4. The van der Waals surface area contributed by atoms with Gasteiger partial charge >= 0.3 is 12.1 Å². The molecule has 6 heteroatoms. The first-order valence-corrected chi connectivity index (χ1v) is 8.40. The number of carbonyl (C=O) groups excluding carboxylic acids is 1. The normalized spacial score (nSPS) is 18.4. The minimum absolute atomic E-state index is 0.00283. The summed E-state index contributed by atoms with van der Waals surface area (Å²) in [5.41, 5.74) is 0.950. The highest BCUT2D eigenvalue weighted by Crippen LogP contribution is 2.19. The van der Waals surface area contributed by atoms with Crippen LogP contribution >= 0.6 is 0 Å². The lowest BCUT2D eigenvalue weighted by atomic mass is 10.0. The molecular weight excluding hydrogens is 308 g/mol. The zero-order valence-electron chi connectivity index (χ0n) is 14.4. The fourth-order valence-electron chi connectivity index (χ4n) is 3.17. The predicted molar refractivity (Wildman–Crippen MR) is 90.7 cm³/mol. The van der Waals surface area contributed by atoms with Crippen LogP contribution in [0.4, 0.5) is 4.79 Å². The lowest BCUT2D eigenvalue weighted by Gasteiger charge is -2.40. The van der Waals surface area contributed by atoms with Gasteiger partial charge in [0.05, 0.1) is 6.54 Å². The highest BCUT2D eigenvalue weighted by molar-refractivity contribution is 5.69. The Balaban J connectivity index is 1.97. The van der Waals surface area contributed by atoms with Gasteiger partial charge in [-0.1, -0.05) is 30.3 Å². The van der Waals surface area contributed by atoms with Crippen LogP contribution in [-0.4, -0.2) is 58.7 Å². The first-order valence-electron chi connectivity index (χ1n) is 8.40. The van der Waals surface area contributed by atoms with Gasteiger partial charge in [-0.15, -0.1) is 0 Å². The molecule has 0 saturated carbocycles. The molecule has 2 rings (SSSR count). The highest BCUT2D eigenvalue weighted by Gasteiger charge is 2.31. The van der Waals surface area contributed by atoms with Crippen LogP contribution in [0.15, 0.2) is 30.3 Å². The molecule has 1 amide bonds. The van der Waals surface area contributed by atoms with E-state index in [0.29, 0.717) is 6.54 Å². The molecule has 1 saturated heterocycles. The fraction of sp³-hybridized carbons (Fsp3) is 0.556. The SMILES string of the molecule is CC(C)N(C(=O)OCc1ccccc1)[C@@H]1CCCN(CC(=O)O)C1. The van der Waals surface area contributed by atoms with Crippen molar-refractivity contribution in [1.82, 2.24) is 9.80 Å². The van der Waals surface area contributed by atoms with Gasteiger partial charge in [0.15, 0.2) is 0 Å². The monoisotopic (exact) mass is 334 g/mol. The Morgan fingerprint density at radius 2 is 2.04 bits per heavy atom. The van der Waals surface area contributed by atoms with Gasteiger partial charge in [0.1, 0.15) is 6.61 Å². The molecule has 1 heterocycles. The Hall–Kier alpha value is -2.08. The number of hydrogen-bond acceptors (Lipinski definition) is 4. The molecule has 24 heavy (non-hydrogen) atoms. The van der Waals surface area contributed by atoms with E-state index in [4.69, 9.17) is 9.84 Å². The summed E-state index contributed by atoms with van der Waals surface area (Å²) in [6, 6.07) is 9.57. The van der Waals surface area contributed by atoms with Crippen molar-refractivity contribution < 1.29 is 19.4 Å². The largest absolute Gasteiger partial charge is 0.480 e. The van der Waals surface area contributed by atoms with Gasteiger partial charge in [0.2, 0.25) is 0 Å². The molecule has 0 unspecified atom stereocenters. The molecule has 1 aromatic rings. The van der Waals surface area contributed by atoms with E-state index in [0.717, 1.165) is 24.9 Å². The van der Waals surface area contributed by atoms with Crippen LogP contribution in [0.1, 0.15) is 32.3 Å². The van der Waals surface area contributed by atoms with Crippen LogP contribution in [0.25, 0.3) is 0 Å². The fourth-order valence-corrected chi connectivity index (χ4v) is 3.17. The second kappa shape index (κ2) is 8.68. The molecule has 0 bridgehead atoms. The predicted octanol–water partition coefficient (Wildman–Crippen LogP) is 2.58. The third kappa shape index (κ3) is 5.23. The van der Waals surface area contributed by atoms with E-state index < -0.39 is 5.97 Å². The Kier molecular flexibility index (Phi) is 6.61. The lowest BCUT2D eigenvalue weighted by Crippen LogP contribution is -2.53. The first kappa shape index (κ1) is 18.3. The number of carboxylic acid groups (broad SMARTS) is 1. The van der Waals surface area contributed by atoms with Crippen LogP contribution < -0.4 is 0 Å². The molecule has 6 nitrogen and oxygen atoms in total. The van der Waals surface area contributed by atoms with Crippen molar-refractivity contribution in [1.29, 1.82) is 0 Å². The Morgan fingerprint density at radius 3 is 2.67 bits per heavy atom. The maximum Gasteiger partial charge on any atom is 0.410 e. The maximum atomic E-state index is 12.6. The molecule has 0 aromatic heterocycles. The highest BCUT2D eigenvalue weighted by atomic mass is 16.6. The first-order chi connectivity index (χ1) is 11.5. The van der Waals surface area contributed by atoms with Crippen LogP contribution in [0.2, 0.25) is 0 Å². The van der Waals surface area contributed by atoms with E-state index in [-0.39, 0.29) is 31.3 Å². The molecule has 1 aliphatic rings. The summed E-state index contributed by atoms with van der Waals surface area (Å²) in [6.07, 6.45) is 1.41. The van der Waals surface area contributed by atoms with Gasteiger partial charge in [-0.05, 0) is 38.8 Å². The van der Waals surface area contributed by atoms with Crippen molar-refractivity contribution in [2.24, 2.45) is 0 Å². The van der Waals surface area contributed by atoms with Crippen molar-refractivity contribution >= 4 is 12.1 Å². The number of likely N-dealkylation sites (tertiary alicyclic amines) is 1. The van der Waals surface area contributed by atoms with Crippen molar-refractivity contribution in [3.05, 3.63) is 35.9 Å². The minimum Gasteiger partial charge on any atom is -0.480 e. The summed E-state index contributed by atoms with van der Waals surface area (Å²) >= 11 is 0. The second-order valence-corrected chi connectivity index (χ2v) is 6.47. The number of amides is 1. The topological polar surface area (TPSA) is 70.1 Å². The number of rotatable bonds is 6. The summed E-state index contributed by atoms with van der Waals surface area (Å²) in [5.74, 6) is -0.835. The van der Waals surface area contributed by atoms with Crippen LogP contribution in [0.3, 0.4) is 0 Å². The van der Waals surface area contributed by atoms with E-state index >= 15 is 0 Å². The molecule has 0 spiro atoms. The van der Waals surface area contributed by atoms with E-state index in [1.165, 1.54) is 0 Å². The molecule has 1 fully saturated rings. The zero-order chi connectivity index (χ0) is 17.5. The summed E-state index contributed by atoms with van der Waals surface area (Å²) in [4.78, 5) is 27.1. The number of hydrogen-bond donors (Lipinski definition) is 1. The van der Waals surface area contributed by atoms with Crippen LogP contribution in [0, 0.1) is 0 Å². The zero-order valence-corrected chi connectivity index (χ0v) is 14.4. The van der Waals surface area contributed by atoms with Crippen molar-refractivity contribution in [2.75, 3.05) is 19.6 Å². The quantitative estimate of drug-likeness (QED) is 0.866. The number of nitrogens with zero attached hydrogens (tertiary/aromatic N) is 2. The third-order valence-electron chi connectivity index (χ3n) is 4.21. The molecule has 0 aliphatic carbocycles. The van der Waals surface area contributed by atoms with Crippen molar-refractivity contribution in [3.8, 4) is 0 Å². The van der Waals surface area contributed by atoms with Crippen molar-refractivity contribution in [3.63, 3.8) is 0 Å². The number of aliphatic carboxylic acids is 1.